The Morgan fingerprint density at radius 2 is 2.00 bits per heavy atom. The van der Waals surface area contributed by atoms with Gasteiger partial charge >= 0.3 is 5.97 Å². The number of rotatable bonds is 2. The van der Waals surface area contributed by atoms with Gasteiger partial charge in [-0.25, -0.2) is 14.8 Å². The molecule has 18 heavy (non-hydrogen) atoms. The molecule has 0 amide bonds. The highest BCUT2D eigenvalue weighted by Crippen LogP contribution is 2.24. The van der Waals surface area contributed by atoms with Crippen LogP contribution in [0.15, 0.2) is 6.20 Å². The van der Waals surface area contributed by atoms with Crippen LogP contribution in [0, 0.1) is 18.8 Å². The fraction of sp³-hybridized carbons (Fsp3) is 0.615. The Labute approximate surface area is 107 Å². The lowest BCUT2D eigenvalue weighted by Gasteiger charge is -2.35. The highest BCUT2D eigenvalue weighted by atomic mass is 16.4. The number of aromatic carboxylic acids is 1. The third-order valence-electron chi connectivity index (χ3n) is 3.35. The maximum absolute atomic E-state index is 10.9. The fourth-order valence-electron chi connectivity index (χ4n) is 2.64. The van der Waals surface area contributed by atoms with Gasteiger partial charge in [0.15, 0.2) is 0 Å². The van der Waals surface area contributed by atoms with Gasteiger partial charge in [-0.3, -0.25) is 0 Å². The molecule has 0 bridgehead atoms. The highest BCUT2D eigenvalue weighted by Gasteiger charge is 2.24. The standard InChI is InChI=1S/C13H19N3O2/c1-8-4-9(2)7-16(6-8)13-14-5-11(12(17)18)10(3)15-13/h5,8-9H,4,6-7H2,1-3H3,(H,17,18)/t8-,9+. The SMILES string of the molecule is Cc1nc(N2C[C@H](C)C[C@H](C)C2)ncc1C(=O)O. The van der Waals surface area contributed by atoms with Crippen LogP contribution in [-0.4, -0.2) is 34.1 Å². The van der Waals surface area contributed by atoms with E-state index in [0.717, 1.165) is 13.1 Å². The van der Waals surface area contributed by atoms with E-state index in [4.69, 9.17) is 5.11 Å². The molecular formula is C13H19N3O2. The first-order chi connectivity index (χ1) is 8.47. The van der Waals surface area contributed by atoms with Gasteiger partial charge in [-0.1, -0.05) is 13.8 Å². The first kappa shape index (κ1) is 12.8. The van der Waals surface area contributed by atoms with Crippen molar-refractivity contribution in [3.05, 3.63) is 17.5 Å². The summed E-state index contributed by atoms with van der Waals surface area (Å²) in [6.07, 6.45) is 2.63. The lowest BCUT2D eigenvalue weighted by Crippen LogP contribution is -2.39. The van der Waals surface area contributed by atoms with E-state index in [0.29, 0.717) is 23.5 Å². The molecule has 0 saturated carbocycles. The van der Waals surface area contributed by atoms with Crippen molar-refractivity contribution >= 4 is 11.9 Å². The molecule has 0 radical (unpaired) electrons. The molecule has 2 atom stereocenters. The van der Waals surface area contributed by atoms with Crippen LogP contribution in [0.4, 0.5) is 5.95 Å². The second kappa shape index (κ2) is 4.92. The van der Waals surface area contributed by atoms with Crippen LogP contribution in [0.25, 0.3) is 0 Å². The Hall–Kier alpha value is -1.65. The average molecular weight is 249 g/mol. The smallest absolute Gasteiger partial charge is 0.339 e. The number of aryl methyl sites for hydroxylation is 1. The number of hydrogen-bond donors (Lipinski definition) is 1. The summed E-state index contributed by atoms with van der Waals surface area (Å²) in [5.41, 5.74) is 0.704. The van der Waals surface area contributed by atoms with E-state index in [1.807, 2.05) is 0 Å². The van der Waals surface area contributed by atoms with Gasteiger partial charge in [-0.15, -0.1) is 0 Å². The van der Waals surface area contributed by atoms with Gasteiger partial charge in [-0.2, -0.15) is 0 Å². The summed E-state index contributed by atoms with van der Waals surface area (Å²) in [6.45, 7) is 8.04. The molecule has 1 N–H and O–H groups in total. The molecule has 1 aromatic heterocycles. The summed E-state index contributed by atoms with van der Waals surface area (Å²) in [6, 6.07) is 0. The normalized spacial score (nSPS) is 24.1. The van der Waals surface area contributed by atoms with Crippen molar-refractivity contribution < 1.29 is 9.90 Å². The topological polar surface area (TPSA) is 66.3 Å². The van der Waals surface area contributed by atoms with Crippen LogP contribution >= 0.6 is 0 Å². The van der Waals surface area contributed by atoms with Crippen molar-refractivity contribution in [1.82, 2.24) is 9.97 Å². The van der Waals surface area contributed by atoms with Gasteiger partial charge in [-0.05, 0) is 25.2 Å². The molecule has 0 aromatic carbocycles. The third kappa shape index (κ3) is 2.60. The lowest BCUT2D eigenvalue weighted by atomic mass is 9.92. The van der Waals surface area contributed by atoms with E-state index < -0.39 is 5.97 Å². The first-order valence-electron chi connectivity index (χ1n) is 6.29. The van der Waals surface area contributed by atoms with E-state index in [1.165, 1.54) is 12.6 Å². The zero-order chi connectivity index (χ0) is 13.3. The summed E-state index contributed by atoms with van der Waals surface area (Å²) in [5, 5.41) is 8.96. The summed E-state index contributed by atoms with van der Waals surface area (Å²) in [5.74, 6) is 0.920. The fourth-order valence-corrected chi connectivity index (χ4v) is 2.64. The van der Waals surface area contributed by atoms with Crippen molar-refractivity contribution in [3.63, 3.8) is 0 Å². The summed E-state index contributed by atoms with van der Waals surface area (Å²) in [4.78, 5) is 21.6. The Kier molecular flexibility index (Phi) is 3.50. The number of hydrogen-bond acceptors (Lipinski definition) is 4. The Morgan fingerprint density at radius 1 is 1.39 bits per heavy atom. The Balaban J connectivity index is 2.23. The first-order valence-corrected chi connectivity index (χ1v) is 6.29. The Bertz CT molecular complexity index is 452. The maximum Gasteiger partial charge on any atom is 0.339 e. The van der Waals surface area contributed by atoms with Crippen LogP contribution in [-0.2, 0) is 0 Å². The lowest BCUT2D eigenvalue weighted by molar-refractivity contribution is 0.0695. The van der Waals surface area contributed by atoms with Gasteiger partial charge < -0.3 is 10.0 Å². The number of carboxylic acid groups (broad SMARTS) is 1. The molecule has 0 unspecified atom stereocenters. The van der Waals surface area contributed by atoms with Gasteiger partial charge in [0.1, 0.15) is 0 Å². The van der Waals surface area contributed by atoms with Gasteiger partial charge in [0.25, 0.3) is 0 Å². The second-order valence-corrected chi connectivity index (χ2v) is 5.33. The molecule has 1 saturated heterocycles. The third-order valence-corrected chi connectivity index (χ3v) is 3.35. The van der Waals surface area contributed by atoms with E-state index in [1.54, 1.807) is 6.92 Å². The molecule has 98 valence electrons. The molecule has 1 aliphatic rings. The number of piperidine rings is 1. The van der Waals surface area contributed by atoms with Crippen LogP contribution < -0.4 is 4.90 Å². The zero-order valence-corrected chi connectivity index (χ0v) is 11.1. The summed E-state index contributed by atoms with van der Waals surface area (Å²) in [7, 11) is 0. The minimum atomic E-state index is -0.973. The van der Waals surface area contributed by atoms with E-state index in [-0.39, 0.29) is 5.56 Å². The van der Waals surface area contributed by atoms with Gasteiger partial charge in [0, 0.05) is 19.3 Å². The molecule has 2 heterocycles. The van der Waals surface area contributed by atoms with Gasteiger partial charge in [0.2, 0.25) is 5.95 Å². The van der Waals surface area contributed by atoms with Crippen LogP contribution in [0.5, 0.6) is 0 Å². The van der Waals surface area contributed by atoms with Crippen molar-refractivity contribution in [2.75, 3.05) is 18.0 Å². The molecule has 5 nitrogen and oxygen atoms in total. The largest absolute Gasteiger partial charge is 0.478 e. The molecule has 0 aliphatic carbocycles. The number of carboxylic acids is 1. The summed E-state index contributed by atoms with van der Waals surface area (Å²) < 4.78 is 0. The van der Waals surface area contributed by atoms with E-state index >= 15 is 0 Å². The number of anilines is 1. The molecule has 1 aromatic rings. The average Bonchev–Trinajstić information content (AvgIpc) is 2.26. The zero-order valence-electron chi connectivity index (χ0n) is 11.1. The maximum atomic E-state index is 10.9. The van der Waals surface area contributed by atoms with Crippen molar-refractivity contribution in [2.45, 2.75) is 27.2 Å². The molecular weight excluding hydrogens is 230 g/mol. The molecule has 5 heteroatoms. The van der Waals surface area contributed by atoms with Crippen LogP contribution in [0.3, 0.4) is 0 Å². The van der Waals surface area contributed by atoms with E-state index in [9.17, 15) is 4.79 Å². The van der Waals surface area contributed by atoms with Crippen molar-refractivity contribution in [2.24, 2.45) is 11.8 Å². The minimum absolute atomic E-state index is 0.178. The predicted molar refractivity (Wildman–Crippen MR) is 68.9 cm³/mol. The predicted octanol–water partition coefficient (Wildman–Crippen LogP) is 1.97. The molecule has 2 rings (SSSR count). The Morgan fingerprint density at radius 3 is 2.50 bits per heavy atom. The number of nitrogens with zero attached hydrogens (tertiary/aromatic N) is 3. The molecule has 1 fully saturated rings. The number of aromatic nitrogens is 2. The second-order valence-electron chi connectivity index (χ2n) is 5.33. The number of carbonyl (C=O) groups is 1. The molecule has 0 spiro atoms. The summed E-state index contributed by atoms with van der Waals surface area (Å²) >= 11 is 0. The monoisotopic (exact) mass is 249 g/mol. The van der Waals surface area contributed by atoms with Gasteiger partial charge in [0.05, 0.1) is 11.3 Å². The van der Waals surface area contributed by atoms with Crippen LogP contribution in [0.2, 0.25) is 0 Å². The van der Waals surface area contributed by atoms with Crippen molar-refractivity contribution in [3.8, 4) is 0 Å². The highest BCUT2D eigenvalue weighted by molar-refractivity contribution is 5.88. The molecule has 1 aliphatic heterocycles. The van der Waals surface area contributed by atoms with Crippen molar-refractivity contribution in [1.29, 1.82) is 0 Å². The van der Waals surface area contributed by atoms with Crippen LogP contribution in [0.1, 0.15) is 36.3 Å². The minimum Gasteiger partial charge on any atom is -0.478 e. The quantitative estimate of drug-likeness (QED) is 0.868. The van der Waals surface area contributed by atoms with E-state index in [2.05, 4.69) is 28.7 Å².